The fraction of sp³-hybridized carbons (Fsp3) is 0.167. The second-order valence-electron chi connectivity index (χ2n) is 7.42. The quantitative estimate of drug-likeness (QED) is 0.484. The highest BCUT2D eigenvalue weighted by Gasteiger charge is 2.14. The maximum atomic E-state index is 12.5. The zero-order valence-corrected chi connectivity index (χ0v) is 18.7. The molecule has 0 radical (unpaired) electrons. The Balaban J connectivity index is 1.50. The lowest BCUT2D eigenvalue weighted by molar-refractivity contribution is -0.116. The van der Waals surface area contributed by atoms with E-state index in [1.165, 1.54) is 24.3 Å². The molecule has 7 nitrogen and oxygen atoms in total. The van der Waals surface area contributed by atoms with Gasteiger partial charge in [0.25, 0.3) is 15.9 Å². The van der Waals surface area contributed by atoms with Gasteiger partial charge in [-0.15, -0.1) is 0 Å². The summed E-state index contributed by atoms with van der Waals surface area (Å²) < 4.78 is 27.6. The van der Waals surface area contributed by atoms with Gasteiger partial charge in [0.2, 0.25) is 5.91 Å². The van der Waals surface area contributed by atoms with Gasteiger partial charge >= 0.3 is 0 Å². The lowest BCUT2D eigenvalue weighted by atomic mass is 10.1. The van der Waals surface area contributed by atoms with Crippen LogP contribution in [0.25, 0.3) is 0 Å². The van der Waals surface area contributed by atoms with Crippen LogP contribution in [0.5, 0.6) is 0 Å². The number of anilines is 2. The first kappa shape index (κ1) is 23.0. The van der Waals surface area contributed by atoms with Gasteiger partial charge in [-0.1, -0.05) is 35.4 Å². The van der Waals surface area contributed by atoms with E-state index < -0.39 is 10.0 Å². The fourth-order valence-corrected chi connectivity index (χ4v) is 4.01. The van der Waals surface area contributed by atoms with Crippen molar-refractivity contribution in [2.24, 2.45) is 0 Å². The highest BCUT2D eigenvalue weighted by Crippen LogP contribution is 2.18. The standard InChI is InChI=1S/C24H25N3O4S/c1-17-6-8-21(9-7-17)27-32(30,31)22-12-10-20(11-13-22)26-23(28)14-15-25-24(29)19-5-3-4-18(2)16-19/h3-13,16,27H,14-15H2,1-2H3,(H,25,29)(H,26,28). The van der Waals surface area contributed by atoms with Crippen molar-refractivity contribution in [1.82, 2.24) is 5.32 Å². The van der Waals surface area contributed by atoms with Crippen LogP contribution < -0.4 is 15.4 Å². The monoisotopic (exact) mass is 451 g/mol. The fourth-order valence-electron chi connectivity index (χ4n) is 2.95. The van der Waals surface area contributed by atoms with Crippen molar-refractivity contribution in [2.75, 3.05) is 16.6 Å². The summed E-state index contributed by atoms with van der Waals surface area (Å²) in [6, 6.07) is 20.1. The molecule has 3 aromatic carbocycles. The molecule has 0 aromatic heterocycles. The van der Waals surface area contributed by atoms with Crippen LogP contribution in [0, 0.1) is 13.8 Å². The molecule has 0 heterocycles. The van der Waals surface area contributed by atoms with Crippen LogP contribution in [0.15, 0.2) is 77.7 Å². The Morgan fingerprint density at radius 1 is 0.812 bits per heavy atom. The minimum atomic E-state index is -3.73. The number of carbonyl (C=O) groups excluding carboxylic acids is 2. The Bertz CT molecular complexity index is 1200. The average Bonchev–Trinajstić information content (AvgIpc) is 2.75. The van der Waals surface area contributed by atoms with Gasteiger partial charge in [-0.3, -0.25) is 14.3 Å². The number of nitrogens with one attached hydrogen (secondary N) is 3. The lowest BCUT2D eigenvalue weighted by Crippen LogP contribution is -2.27. The second-order valence-corrected chi connectivity index (χ2v) is 9.10. The van der Waals surface area contributed by atoms with Crippen LogP contribution in [-0.2, 0) is 14.8 Å². The first-order chi connectivity index (χ1) is 15.2. The van der Waals surface area contributed by atoms with Crippen LogP contribution in [0.2, 0.25) is 0 Å². The lowest BCUT2D eigenvalue weighted by Gasteiger charge is -2.10. The molecule has 8 heteroatoms. The minimum absolute atomic E-state index is 0.0847. The van der Waals surface area contributed by atoms with Gasteiger partial charge in [0.05, 0.1) is 4.90 Å². The van der Waals surface area contributed by atoms with Gasteiger partial charge < -0.3 is 10.6 Å². The molecule has 32 heavy (non-hydrogen) atoms. The number of hydrogen-bond donors (Lipinski definition) is 3. The van der Waals surface area contributed by atoms with E-state index in [4.69, 9.17) is 0 Å². The maximum Gasteiger partial charge on any atom is 0.261 e. The summed E-state index contributed by atoms with van der Waals surface area (Å²) in [6.07, 6.45) is 0.0899. The summed E-state index contributed by atoms with van der Waals surface area (Å²) in [5.74, 6) is -0.528. The molecule has 0 atom stereocenters. The molecule has 3 rings (SSSR count). The Kier molecular flexibility index (Phi) is 7.27. The molecule has 3 N–H and O–H groups in total. The van der Waals surface area contributed by atoms with E-state index in [1.807, 2.05) is 32.0 Å². The zero-order valence-electron chi connectivity index (χ0n) is 17.9. The van der Waals surface area contributed by atoms with Crippen LogP contribution in [-0.4, -0.2) is 26.8 Å². The molecule has 0 saturated heterocycles. The highest BCUT2D eigenvalue weighted by atomic mass is 32.2. The first-order valence-corrected chi connectivity index (χ1v) is 11.6. The summed E-state index contributed by atoms with van der Waals surface area (Å²) in [5, 5.41) is 5.40. The van der Waals surface area contributed by atoms with Gasteiger partial charge in [0.1, 0.15) is 0 Å². The average molecular weight is 452 g/mol. The Labute approximate surface area is 187 Å². The molecular weight excluding hydrogens is 426 g/mol. The molecule has 0 spiro atoms. The van der Waals surface area contributed by atoms with Gasteiger partial charge in [-0.25, -0.2) is 8.42 Å². The first-order valence-electron chi connectivity index (χ1n) is 10.1. The van der Waals surface area contributed by atoms with Gasteiger partial charge in [0.15, 0.2) is 0 Å². The molecule has 0 bridgehead atoms. The topological polar surface area (TPSA) is 104 Å². The summed E-state index contributed by atoms with van der Waals surface area (Å²) >= 11 is 0. The van der Waals surface area contributed by atoms with Gasteiger partial charge in [-0.2, -0.15) is 0 Å². The zero-order chi connectivity index (χ0) is 23.1. The van der Waals surface area contributed by atoms with Crippen molar-refractivity contribution in [3.05, 3.63) is 89.5 Å². The molecule has 0 fully saturated rings. The molecule has 0 aliphatic rings. The molecule has 0 saturated carbocycles. The third-order valence-corrected chi connectivity index (χ3v) is 6.07. The van der Waals surface area contributed by atoms with E-state index in [9.17, 15) is 18.0 Å². The number of amides is 2. The van der Waals surface area contributed by atoms with Crippen molar-refractivity contribution in [2.45, 2.75) is 25.2 Å². The Hall–Kier alpha value is -3.65. The van der Waals surface area contributed by atoms with Crippen molar-refractivity contribution in [3.63, 3.8) is 0 Å². The van der Waals surface area contributed by atoms with E-state index in [0.29, 0.717) is 16.9 Å². The Morgan fingerprint density at radius 3 is 2.12 bits per heavy atom. The van der Waals surface area contributed by atoms with Gasteiger partial charge in [0, 0.05) is 29.9 Å². The van der Waals surface area contributed by atoms with Crippen molar-refractivity contribution in [3.8, 4) is 0 Å². The molecule has 3 aromatic rings. The van der Waals surface area contributed by atoms with Crippen LogP contribution >= 0.6 is 0 Å². The van der Waals surface area contributed by atoms with E-state index >= 15 is 0 Å². The number of rotatable bonds is 8. The third kappa shape index (κ3) is 6.42. The third-order valence-electron chi connectivity index (χ3n) is 4.67. The van der Waals surface area contributed by atoms with Crippen molar-refractivity contribution in [1.29, 1.82) is 0 Å². The summed E-state index contributed by atoms with van der Waals surface area (Å²) in [7, 11) is -3.73. The van der Waals surface area contributed by atoms with Crippen LogP contribution in [0.4, 0.5) is 11.4 Å². The van der Waals surface area contributed by atoms with E-state index in [0.717, 1.165) is 11.1 Å². The molecule has 166 valence electrons. The predicted molar refractivity (Wildman–Crippen MR) is 125 cm³/mol. The minimum Gasteiger partial charge on any atom is -0.352 e. The maximum absolute atomic E-state index is 12.5. The smallest absolute Gasteiger partial charge is 0.261 e. The summed E-state index contributed by atoms with van der Waals surface area (Å²) in [4.78, 5) is 24.3. The molecule has 0 aliphatic heterocycles. The van der Waals surface area contributed by atoms with Crippen molar-refractivity contribution < 1.29 is 18.0 Å². The summed E-state index contributed by atoms with van der Waals surface area (Å²) in [5.41, 5.74) is 3.49. The number of sulfonamides is 1. The van der Waals surface area contributed by atoms with Gasteiger partial charge in [-0.05, 0) is 62.4 Å². The van der Waals surface area contributed by atoms with Crippen LogP contribution in [0.1, 0.15) is 27.9 Å². The number of aryl methyl sites for hydroxylation is 2. The predicted octanol–water partition coefficient (Wildman–Crippen LogP) is 3.86. The van der Waals surface area contributed by atoms with Crippen LogP contribution in [0.3, 0.4) is 0 Å². The number of hydrogen-bond acceptors (Lipinski definition) is 4. The largest absolute Gasteiger partial charge is 0.352 e. The normalized spacial score (nSPS) is 10.9. The molecule has 0 unspecified atom stereocenters. The molecule has 2 amide bonds. The Morgan fingerprint density at radius 2 is 1.47 bits per heavy atom. The van der Waals surface area contributed by atoms with E-state index in [-0.39, 0.29) is 29.7 Å². The SMILES string of the molecule is Cc1ccc(NS(=O)(=O)c2ccc(NC(=O)CCNC(=O)c3cccc(C)c3)cc2)cc1. The van der Waals surface area contributed by atoms with E-state index in [2.05, 4.69) is 15.4 Å². The molecule has 0 aliphatic carbocycles. The number of carbonyl (C=O) groups is 2. The number of benzene rings is 3. The highest BCUT2D eigenvalue weighted by molar-refractivity contribution is 7.92. The second kappa shape index (κ2) is 10.1. The molecular formula is C24H25N3O4S. The van der Waals surface area contributed by atoms with E-state index in [1.54, 1.807) is 30.3 Å². The summed E-state index contributed by atoms with van der Waals surface area (Å²) in [6.45, 7) is 4.01. The van der Waals surface area contributed by atoms with Crippen molar-refractivity contribution >= 4 is 33.2 Å².